The summed E-state index contributed by atoms with van der Waals surface area (Å²) < 4.78 is 32.3. The predicted octanol–water partition coefficient (Wildman–Crippen LogP) is 3.20. The van der Waals surface area contributed by atoms with Gasteiger partial charge in [0.1, 0.15) is 11.6 Å². The van der Waals surface area contributed by atoms with Crippen LogP contribution in [0.25, 0.3) is 0 Å². The van der Waals surface area contributed by atoms with Gasteiger partial charge in [-0.25, -0.2) is 13.2 Å². The zero-order valence-corrected chi connectivity index (χ0v) is 25.1. The number of rotatable bonds is 7. The van der Waals surface area contributed by atoms with E-state index in [4.69, 9.17) is 4.74 Å². The average Bonchev–Trinajstić information content (AvgIpc) is 3.47. The molecule has 0 aromatic heterocycles. The number of likely N-dealkylation sites (tertiary alicyclic amines) is 1. The highest BCUT2D eigenvalue weighted by Gasteiger charge is 2.56. The van der Waals surface area contributed by atoms with Gasteiger partial charge in [0, 0.05) is 19.1 Å². The Hall–Kier alpha value is -2.66. The van der Waals surface area contributed by atoms with Gasteiger partial charge in [-0.3, -0.25) is 9.59 Å². The highest BCUT2D eigenvalue weighted by Crippen LogP contribution is 2.39. The SMILES string of the molecule is C[C@@H](NC(=O)[C@H]1CN(S(C)(=O)=O)[C@@H]2CCN(C(=O)C(NC(=O)OC(C)(C)C)C3CCCCC3)[C@H]12)c1ccccc1. The largest absolute Gasteiger partial charge is 0.444 e. The number of carbonyl (C=O) groups excluding carboxylic acids is 3. The summed E-state index contributed by atoms with van der Waals surface area (Å²) in [6, 6.07) is 7.36. The first-order chi connectivity index (χ1) is 18.8. The minimum atomic E-state index is -3.61. The van der Waals surface area contributed by atoms with Crippen LogP contribution in [0.2, 0.25) is 0 Å². The molecule has 4 rings (SSSR count). The van der Waals surface area contributed by atoms with Crippen molar-refractivity contribution < 1.29 is 27.5 Å². The number of fused-ring (bicyclic) bond motifs is 1. The molecule has 1 saturated carbocycles. The number of hydrogen-bond donors (Lipinski definition) is 2. The number of hydrogen-bond acceptors (Lipinski definition) is 6. The molecule has 0 spiro atoms. The quantitative estimate of drug-likeness (QED) is 0.514. The molecule has 11 heteroatoms. The molecule has 2 aliphatic heterocycles. The zero-order valence-electron chi connectivity index (χ0n) is 24.3. The van der Waals surface area contributed by atoms with Crippen molar-refractivity contribution in [3.05, 3.63) is 35.9 Å². The molecule has 1 aliphatic carbocycles. The van der Waals surface area contributed by atoms with E-state index in [9.17, 15) is 22.8 Å². The van der Waals surface area contributed by atoms with Gasteiger partial charge in [-0.15, -0.1) is 0 Å². The van der Waals surface area contributed by atoms with Crippen LogP contribution in [0, 0.1) is 11.8 Å². The molecule has 10 nitrogen and oxygen atoms in total. The summed E-state index contributed by atoms with van der Waals surface area (Å²) in [5.74, 6) is -1.34. The molecule has 2 N–H and O–H groups in total. The topological polar surface area (TPSA) is 125 Å². The van der Waals surface area contributed by atoms with Crippen LogP contribution >= 0.6 is 0 Å². The average molecular weight is 577 g/mol. The fourth-order valence-electron chi connectivity index (χ4n) is 6.52. The third kappa shape index (κ3) is 6.97. The Balaban J connectivity index is 1.60. The van der Waals surface area contributed by atoms with Crippen LogP contribution in [0.4, 0.5) is 4.79 Å². The summed E-state index contributed by atoms with van der Waals surface area (Å²) in [6.07, 6.45) is 5.58. The van der Waals surface area contributed by atoms with Gasteiger partial charge in [-0.05, 0) is 58.4 Å². The van der Waals surface area contributed by atoms with Crippen molar-refractivity contribution in [3.63, 3.8) is 0 Å². The first-order valence-corrected chi connectivity index (χ1v) is 16.2. The molecule has 3 fully saturated rings. The molecule has 1 unspecified atom stereocenters. The Morgan fingerprint density at radius 3 is 2.25 bits per heavy atom. The Bertz CT molecular complexity index is 1180. The van der Waals surface area contributed by atoms with Crippen molar-refractivity contribution in [1.29, 1.82) is 0 Å². The maximum atomic E-state index is 14.2. The molecule has 0 bridgehead atoms. The van der Waals surface area contributed by atoms with Gasteiger partial charge >= 0.3 is 6.09 Å². The number of nitrogens with zero attached hydrogens (tertiary/aromatic N) is 2. The Morgan fingerprint density at radius 1 is 1.00 bits per heavy atom. The summed E-state index contributed by atoms with van der Waals surface area (Å²) in [4.78, 5) is 42.3. The lowest BCUT2D eigenvalue weighted by Gasteiger charge is -2.36. The third-order valence-corrected chi connectivity index (χ3v) is 9.61. The molecule has 0 radical (unpaired) electrons. The van der Waals surface area contributed by atoms with Crippen LogP contribution in [0.3, 0.4) is 0 Å². The van der Waals surface area contributed by atoms with Crippen LogP contribution in [-0.4, -0.2) is 78.6 Å². The molecule has 5 atom stereocenters. The second-order valence-corrected chi connectivity index (χ2v) is 14.4. The van der Waals surface area contributed by atoms with Crippen molar-refractivity contribution in [3.8, 4) is 0 Å². The fraction of sp³-hybridized carbons (Fsp3) is 0.690. The minimum Gasteiger partial charge on any atom is -0.444 e. The van der Waals surface area contributed by atoms with Gasteiger partial charge in [0.25, 0.3) is 0 Å². The summed E-state index contributed by atoms with van der Waals surface area (Å²) in [5, 5.41) is 5.90. The molecule has 2 heterocycles. The standard InChI is InChI=1S/C29H44N4O6S/c1-19(20-12-8-6-9-13-20)30-26(34)22-18-33(40(5,37)38)23-16-17-32(25(22)23)27(35)24(21-14-10-7-11-15-21)31-28(36)39-29(2,3)4/h6,8-9,12-13,19,21-25H,7,10-11,14-18H2,1-5H3,(H,30,34)(H,31,36)/t19-,22+,23-,24?,25-/m1/s1. The molecular formula is C29H44N4O6S. The van der Waals surface area contributed by atoms with Gasteiger partial charge in [-0.1, -0.05) is 49.6 Å². The van der Waals surface area contributed by atoms with E-state index in [1.165, 1.54) is 4.31 Å². The van der Waals surface area contributed by atoms with E-state index < -0.39 is 45.8 Å². The molecule has 2 saturated heterocycles. The molecule has 3 amide bonds. The van der Waals surface area contributed by atoms with E-state index in [-0.39, 0.29) is 30.3 Å². The van der Waals surface area contributed by atoms with Crippen LogP contribution in [0.1, 0.15) is 77.8 Å². The monoisotopic (exact) mass is 576 g/mol. The van der Waals surface area contributed by atoms with Gasteiger partial charge in [0.15, 0.2) is 0 Å². The normalized spacial score (nSPS) is 25.6. The van der Waals surface area contributed by atoms with Crippen LogP contribution in [-0.2, 0) is 24.3 Å². The number of nitrogens with one attached hydrogen (secondary N) is 2. The highest BCUT2D eigenvalue weighted by atomic mass is 32.2. The van der Waals surface area contributed by atoms with Crippen molar-refractivity contribution >= 4 is 27.9 Å². The lowest BCUT2D eigenvalue weighted by atomic mass is 9.83. The maximum Gasteiger partial charge on any atom is 0.408 e. The minimum absolute atomic E-state index is 0.0128. The number of alkyl carbamates (subject to hydrolysis) is 1. The van der Waals surface area contributed by atoms with Crippen molar-refractivity contribution in [2.45, 2.75) is 96.0 Å². The van der Waals surface area contributed by atoms with E-state index in [0.717, 1.165) is 43.9 Å². The lowest BCUT2D eigenvalue weighted by Crippen LogP contribution is -2.57. The Morgan fingerprint density at radius 2 is 1.65 bits per heavy atom. The Labute approximate surface area is 238 Å². The summed E-state index contributed by atoms with van der Waals surface area (Å²) >= 11 is 0. The van der Waals surface area contributed by atoms with E-state index >= 15 is 0 Å². The predicted molar refractivity (Wildman–Crippen MR) is 152 cm³/mol. The van der Waals surface area contributed by atoms with Crippen molar-refractivity contribution in [2.24, 2.45) is 11.8 Å². The van der Waals surface area contributed by atoms with Crippen molar-refractivity contribution in [2.75, 3.05) is 19.3 Å². The molecule has 3 aliphatic rings. The molecule has 1 aromatic carbocycles. The van der Waals surface area contributed by atoms with Gasteiger partial charge in [0.05, 0.1) is 24.3 Å². The van der Waals surface area contributed by atoms with Crippen molar-refractivity contribution in [1.82, 2.24) is 19.8 Å². The zero-order chi connectivity index (χ0) is 29.2. The van der Waals surface area contributed by atoms with Crippen LogP contribution in [0.15, 0.2) is 30.3 Å². The summed E-state index contributed by atoms with van der Waals surface area (Å²) in [6.45, 7) is 7.53. The van der Waals surface area contributed by atoms with Gasteiger partial charge in [0.2, 0.25) is 21.8 Å². The number of sulfonamides is 1. The fourth-order valence-corrected chi connectivity index (χ4v) is 7.67. The molecule has 222 valence electrons. The van der Waals surface area contributed by atoms with Gasteiger partial charge < -0.3 is 20.3 Å². The number of benzene rings is 1. The van der Waals surface area contributed by atoms with E-state index in [1.807, 2.05) is 37.3 Å². The molecule has 40 heavy (non-hydrogen) atoms. The molecular weight excluding hydrogens is 532 g/mol. The van der Waals surface area contributed by atoms with E-state index in [2.05, 4.69) is 10.6 Å². The third-order valence-electron chi connectivity index (χ3n) is 8.34. The maximum absolute atomic E-state index is 14.2. The van der Waals surface area contributed by atoms with E-state index in [0.29, 0.717) is 13.0 Å². The van der Waals surface area contributed by atoms with Crippen LogP contribution in [0.5, 0.6) is 0 Å². The first kappa shape index (κ1) is 30.3. The lowest BCUT2D eigenvalue weighted by molar-refractivity contribution is -0.138. The number of carbonyl (C=O) groups is 3. The smallest absolute Gasteiger partial charge is 0.408 e. The highest BCUT2D eigenvalue weighted by molar-refractivity contribution is 7.88. The van der Waals surface area contributed by atoms with Gasteiger partial charge in [-0.2, -0.15) is 4.31 Å². The Kier molecular flexibility index (Phi) is 9.14. The summed E-state index contributed by atoms with van der Waals surface area (Å²) in [7, 11) is -3.61. The van der Waals surface area contributed by atoms with Crippen LogP contribution < -0.4 is 10.6 Å². The first-order valence-electron chi connectivity index (χ1n) is 14.4. The second kappa shape index (κ2) is 12.1. The second-order valence-electron chi connectivity index (χ2n) is 12.5. The van der Waals surface area contributed by atoms with E-state index in [1.54, 1.807) is 25.7 Å². The number of ether oxygens (including phenoxy) is 1. The summed E-state index contributed by atoms with van der Waals surface area (Å²) in [5.41, 5.74) is 0.215. The number of amides is 3. The molecule has 1 aromatic rings.